The quantitative estimate of drug-likeness (QED) is 0.733. The van der Waals surface area contributed by atoms with Crippen molar-refractivity contribution < 1.29 is 4.42 Å². The normalized spacial score (nSPS) is 10.4. The van der Waals surface area contributed by atoms with Gasteiger partial charge < -0.3 is 4.42 Å². The first-order chi connectivity index (χ1) is 6.90. The second-order valence-corrected chi connectivity index (χ2v) is 2.84. The minimum absolute atomic E-state index is 0.432. The average molecular weight is 190 g/mol. The number of aryl methyl sites for hydroxylation is 1. The van der Waals surface area contributed by atoms with Crippen molar-refractivity contribution in [2.24, 2.45) is 0 Å². The summed E-state index contributed by atoms with van der Waals surface area (Å²) < 4.78 is 5.39. The highest BCUT2D eigenvalue weighted by Gasteiger charge is 2.08. The van der Waals surface area contributed by atoms with Crippen LogP contribution in [-0.2, 0) is 6.42 Å². The van der Waals surface area contributed by atoms with E-state index in [1.807, 2.05) is 0 Å². The molecule has 2 aromatic heterocycles. The molecule has 0 aliphatic carbocycles. The molecule has 0 N–H and O–H groups in total. The molecule has 0 radical (unpaired) electrons. The second kappa shape index (κ2) is 3.95. The van der Waals surface area contributed by atoms with Crippen LogP contribution in [0.4, 0.5) is 0 Å². The molecule has 0 aliphatic heterocycles. The van der Waals surface area contributed by atoms with Gasteiger partial charge in [0.05, 0.1) is 6.20 Å². The van der Waals surface area contributed by atoms with Crippen LogP contribution in [0.5, 0.6) is 0 Å². The number of hydrogen-bond acceptors (Lipinski definition) is 5. The first-order valence-electron chi connectivity index (χ1n) is 4.49. The molecule has 5 heteroatoms. The van der Waals surface area contributed by atoms with Gasteiger partial charge in [0, 0.05) is 18.8 Å². The Labute approximate surface area is 81.2 Å². The monoisotopic (exact) mass is 190 g/mol. The lowest BCUT2D eigenvalue weighted by Crippen LogP contribution is -1.83. The molecule has 2 rings (SSSR count). The van der Waals surface area contributed by atoms with Gasteiger partial charge >= 0.3 is 0 Å². The van der Waals surface area contributed by atoms with Crippen molar-refractivity contribution in [2.75, 3.05) is 0 Å². The third kappa shape index (κ3) is 1.76. The van der Waals surface area contributed by atoms with E-state index in [4.69, 9.17) is 4.42 Å². The maximum Gasteiger partial charge on any atom is 0.267 e. The molecule has 0 amide bonds. The molecule has 0 aromatic carbocycles. The Morgan fingerprint density at radius 3 is 2.93 bits per heavy atom. The van der Waals surface area contributed by atoms with Crippen LogP contribution in [0, 0.1) is 0 Å². The van der Waals surface area contributed by atoms with E-state index in [0.29, 0.717) is 17.5 Å². The number of aromatic nitrogens is 4. The lowest BCUT2D eigenvalue weighted by molar-refractivity contribution is 0.500. The summed E-state index contributed by atoms with van der Waals surface area (Å²) in [5.41, 5.74) is 0.613. The summed E-state index contributed by atoms with van der Waals surface area (Å²) in [7, 11) is 0. The van der Waals surface area contributed by atoms with E-state index in [9.17, 15) is 0 Å². The highest BCUT2D eigenvalue weighted by molar-refractivity contribution is 5.42. The van der Waals surface area contributed by atoms with E-state index in [2.05, 4.69) is 27.1 Å². The van der Waals surface area contributed by atoms with E-state index in [0.717, 1.165) is 12.8 Å². The van der Waals surface area contributed by atoms with Crippen LogP contribution in [0.3, 0.4) is 0 Å². The van der Waals surface area contributed by atoms with Gasteiger partial charge in [0.1, 0.15) is 5.69 Å². The molecule has 2 heterocycles. The molecule has 0 saturated carbocycles. The molecule has 0 aliphatic rings. The minimum atomic E-state index is 0.432. The van der Waals surface area contributed by atoms with Crippen LogP contribution in [0.15, 0.2) is 23.0 Å². The minimum Gasteiger partial charge on any atom is -0.419 e. The van der Waals surface area contributed by atoms with Crippen LogP contribution < -0.4 is 0 Å². The van der Waals surface area contributed by atoms with Gasteiger partial charge in [0.25, 0.3) is 5.89 Å². The van der Waals surface area contributed by atoms with Gasteiger partial charge in [-0.05, 0) is 6.42 Å². The molecule has 0 unspecified atom stereocenters. The Balaban J connectivity index is 2.25. The molecule has 72 valence electrons. The Morgan fingerprint density at radius 1 is 1.29 bits per heavy atom. The summed E-state index contributed by atoms with van der Waals surface area (Å²) in [4.78, 5) is 7.99. The molecular weight excluding hydrogens is 180 g/mol. The van der Waals surface area contributed by atoms with Crippen molar-refractivity contribution in [3.63, 3.8) is 0 Å². The fraction of sp³-hybridized carbons (Fsp3) is 0.333. The predicted molar refractivity (Wildman–Crippen MR) is 49.3 cm³/mol. The van der Waals surface area contributed by atoms with E-state index < -0.39 is 0 Å². The maximum absolute atomic E-state index is 5.39. The zero-order chi connectivity index (χ0) is 9.80. The van der Waals surface area contributed by atoms with Crippen molar-refractivity contribution in [3.8, 4) is 11.6 Å². The highest BCUT2D eigenvalue weighted by atomic mass is 16.4. The summed E-state index contributed by atoms with van der Waals surface area (Å²) >= 11 is 0. The van der Waals surface area contributed by atoms with Crippen molar-refractivity contribution >= 4 is 0 Å². The van der Waals surface area contributed by atoms with Crippen LogP contribution >= 0.6 is 0 Å². The van der Waals surface area contributed by atoms with Gasteiger partial charge in [-0.15, -0.1) is 10.2 Å². The molecule has 0 fully saturated rings. The van der Waals surface area contributed by atoms with Crippen LogP contribution in [-0.4, -0.2) is 20.2 Å². The first-order valence-corrected chi connectivity index (χ1v) is 4.49. The average Bonchev–Trinajstić information content (AvgIpc) is 2.68. The Morgan fingerprint density at radius 2 is 2.21 bits per heavy atom. The molecule has 0 bridgehead atoms. The molecule has 0 atom stereocenters. The van der Waals surface area contributed by atoms with E-state index >= 15 is 0 Å². The molecule has 2 aromatic rings. The lowest BCUT2D eigenvalue weighted by atomic mass is 10.3. The van der Waals surface area contributed by atoms with Gasteiger partial charge in [0.2, 0.25) is 5.89 Å². The van der Waals surface area contributed by atoms with E-state index in [1.165, 1.54) is 0 Å². The summed E-state index contributed by atoms with van der Waals surface area (Å²) in [5.74, 6) is 1.08. The topological polar surface area (TPSA) is 64.7 Å². The zero-order valence-electron chi connectivity index (χ0n) is 7.84. The lowest BCUT2D eigenvalue weighted by Gasteiger charge is -1.90. The third-order valence-corrected chi connectivity index (χ3v) is 1.71. The number of rotatable bonds is 3. The van der Waals surface area contributed by atoms with Crippen molar-refractivity contribution in [2.45, 2.75) is 19.8 Å². The Bertz CT molecular complexity index is 398. The number of nitrogens with zero attached hydrogens (tertiary/aromatic N) is 4. The van der Waals surface area contributed by atoms with Gasteiger partial charge in [-0.3, -0.25) is 4.98 Å². The van der Waals surface area contributed by atoms with Crippen molar-refractivity contribution in [3.05, 3.63) is 24.5 Å². The largest absolute Gasteiger partial charge is 0.419 e. The Hall–Kier alpha value is -1.78. The standard InChI is InChI=1S/C9H10N4O/c1-2-3-8-12-13-9(14-8)7-6-10-4-5-11-7/h4-6H,2-3H2,1H3. The molecule has 0 spiro atoms. The zero-order valence-corrected chi connectivity index (χ0v) is 7.84. The molecule has 0 saturated heterocycles. The summed E-state index contributed by atoms with van der Waals surface area (Å²) in [6.45, 7) is 2.06. The molecule has 14 heavy (non-hydrogen) atoms. The predicted octanol–water partition coefficient (Wildman–Crippen LogP) is 1.48. The van der Waals surface area contributed by atoms with Gasteiger partial charge in [-0.2, -0.15) is 0 Å². The van der Waals surface area contributed by atoms with Crippen molar-refractivity contribution in [1.29, 1.82) is 0 Å². The smallest absolute Gasteiger partial charge is 0.267 e. The summed E-state index contributed by atoms with van der Waals surface area (Å²) in [6.07, 6.45) is 6.59. The summed E-state index contributed by atoms with van der Waals surface area (Å²) in [5, 5.41) is 7.78. The van der Waals surface area contributed by atoms with E-state index in [1.54, 1.807) is 18.6 Å². The number of hydrogen-bond donors (Lipinski definition) is 0. The fourth-order valence-electron chi connectivity index (χ4n) is 1.08. The van der Waals surface area contributed by atoms with Crippen molar-refractivity contribution in [1.82, 2.24) is 20.2 Å². The Kier molecular flexibility index (Phi) is 2.48. The van der Waals surface area contributed by atoms with Crippen LogP contribution in [0.25, 0.3) is 11.6 Å². The van der Waals surface area contributed by atoms with Gasteiger partial charge in [-0.25, -0.2) is 4.98 Å². The van der Waals surface area contributed by atoms with E-state index in [-0.39, 0.29) is 0 Å². The molecular formula is C9H10N4O. The van der Waals surface area contributed by atoms with Crippen LogP contribution in [0.2, 0.25) is 0 Å². The van der Waals surface area contributed by atoms with Crippen LogP contribution in [0.1, 0.15) is 19.2 Å². The summed E-state index contributed by atoms with van der Waals surface area (Å²) in [6, 6.07) is 0. The highest BCUT2D eigenvalue weighted by Crippen LogP contribution is 2.13. The maximum atomic E-state index is 5.39. The first kappa shape index (κ1) is 8.80. The third-order valence-electron chi connectivity index (χ3n) is 1.71. The SMILES string of the molecule is CCCc1nnc(-c2cnccn2)o1. The fourth-order valence-corrected chi connectivity index (χ4v) is 1.08. The molecule has 5 nitrogen and oxygen atoms in total. The van der Waals surface area contributed by atoms with Gasteiger partial charge in [-0.1, -0.05) is 6.92 Å². The second-order valence-electron chi connectivity index (χ2n) is 2.84. The van der Waals surface area contributed by atoms with Gasteiger partial charge in [0.15, 0.2) is 0 Å².